The van der Waals surface area contributed by atoms with Crippen molar-refractivity contribution in [2.45, 2.75) is 26.4 Å². The number of hydrogen-bond donors (Lipinski definition) is 1. The summed E-state index contributed by atoms with van der Waals surface area (Å²) in [4.78, 5) is 30.0. The van der Waals surface area contributed by atoms with Crippen LogP contribution in [0.2, 0.25) is 0 Å². The molecule has 1 aliphatic rings. The number of nitrogens with zero attached hydrogens (tertiary/aromatic N) is 2. The van der Waals surface area contributed by atoms with E-state index in [9.17, 15) is 9.59 Å². The molecule has 0 aromatic carbocycles. The van der Waals surface area contributed by atoms with E-state index >= 15 is 0 Å². The number of pyridine rings is 1. The molecule has 2 N–H and O–H groups in total. The third-order valence-corrected chi connectivity index (χ3v) is 3.65. The van der Waals surface area contributed by atoms with Crippen molar-refractivity contribution in [3.05, 3.63) is 12.1 Å². The number of esters is 1. The van der Waals surface area contributed by atoms with Crippen LogP contribution in [0.25, 0.3) is 0 Å². The summed E-state index contributed by atoms with van der Waals surface area (Å²) in [5.41, 5.74) is 5.69. The molecule has 0 aliphatic carbocycles. The molecule has 1 amide bonds. The molecule has 0 fully saturated rings. The van der Waals surface area contributed by atoms with E-state index in [0.29, 0.717) is 32.0 Å². The Morgan fingerprint density at radius 1 is 1.23 bits per heavy atom. The van der Waals surface area contributed by atoms with Crippen LogP contribution in [0.5, 0.6) is 5.75 Å². The van der Waals surface area contributed by atoms with Gasteiger partial charge in [-0.1, -0.05) is 6.92 Å². The fourth-order valence-electron chi connectivity index (χ4n) is 2.38. The maximum atomic E-state index is 12.5. The van der Waals surface area contributed by atoms with Crippen molar-refractivity contribution < 1.29 is 28.5 Å². The van der Waals surface area contributed by atoms with Gasteiger partial charge in [-0.15, -0.1) is 0 Å². The van der Waals surface area contributed by atoms with E-state index < -0.39 is 12.1 Å². The van der Waals surface area contributed by atoms with Gasteiger partial charge in [0.15, 0.2) is 17.7 Å². The van der Waals surface area contributed by atoms with E-state index in [-0.39, 0.29) is 37.3 Å². The number of anilines is 2. The van der Waals surface area contributed by atoms with Gasteiger partial charge in [-0.25, -0.2) is 4.98 Å². The number of carbonyl (C=O) groups excluding carboxylic acids is 2. The second-order valence-corrected chi connectivity index (χ2v) is 5.53. The topological polar surface area (TPSA) is 113 Å². The molecule has 2 rings (SSSR count). The molecule has 0 bridgehead atoms. The van der Waals surface area contributed by atoms with Crippen LogP contribution in [0.3, 0.4) is 0 Å². The smallest absolute Gasteiger partial charge is 0.326 e. The largest absolute Gasteiger partial charge is 0.477 e. The van der Waals surface area contributed by atoms with Gasteiger partial charge in [0, 0.05) is 6.61 Å². The van der Waals surface area contributed by atoms with E-state index in [4.69, 9.17) is 24.7 Å². The standard InChI is InChI=1S/C17H25N3O6/c1-3-12-17(22)20(16-13(26-12)5-6-14(18)19-16)11-15(21)25-10-9-24-8-7-23-4-2/h5-6,12H,3-4,7-11H2,1-2H3,(H2,18,19). The molecular formula is C17H25N3O6. The predicted octanol–water partition coefficient (Wildman–Crippen LogP) is 0.764. The first-order chi connectivity index (χ1) is 12.6. The summed E-state index contributed by atoms with van der Waals surface area (Å²) in [5.74, 6) is -0.0276. The summed E-state index contributed by atoms with van der Waals surface area (Å²) in [6, 6.07) is 3.22. The Balaban J connectivity index is 1.89. The van der Waals surface area contributed by atoms with Crippen LogP contribution < -0.4 is 15.4 Å². The zero-order chi connectivity index (χ0) is 18.9. The van der Waals surface area contributed by atoms with E-state index in [0.717, 1.165) is 0 Å². The summed E-state index contributed by atoms with van der Waals surface area (Å²) in [7, 11) is 0. The van der Waals surface area contributed by atoms with Gasteiger partial charge in [0.1, 0.15) is 19.0 Å². The van der Waals surface area contributed by atoms with Gasteiger partial charge in [0.25, 0.3) is 5.91 Å². The van der Waals surface area contributed by atoms with Crippen molar-refractivity contribution in [2.75, 3.05) is 50.2 Å². The van der Waals surface area contributed by atoms with Crippen LogP contribution in [0, 0.1) is 0 Å². The van der Waals surface area contributed by atoms with Crippen LogP contribution >= 0.6 is 0 Å². The molecule has 9 heteroatoms. The van der Waals surface area contributed by atoms with Crippen molar-refractivity contribution in [1.29, 1.82) is 0 Å². The fraction of sp³-hybridized carbons (Fsp3) is 0.588. The van der Waals surface area contributed by atoms with Crippen LogP contribution in [0.1, 0.15) is 20.3 Å². The molecule has 0 saturated carbocycles. The Hall–Kier alpha value is -2.39. The predicted molar refractivity (Wildman–Crippen MR) is 94.0 cm³/mol. The number of rotatable bonds is 10. The van der Waals surface area contributed by atoms with Crippen LogP contribution in [-0.2, 0) is 23.8 Å². The highest BCUT2D eigenvalue weighted by atomic mass is 16.6. The third kappa shape index (κ3) is 5.30. The number of fused-ring (bicyclic) bond motifs is 1. The summed E-state index contributed by atoms with van der Waals surface area (Å²) >= 11 is 0. The zero-order valence-electron chi connectivity index (χ0n) is 15.1. The molecule has 1 aromatic heterocycles. The molecule has 1 atom stereocenters. The second kappa shape index (κ2) is 9.93. The van der Waals surface area contributed by atoms with Crippen molar-refractivity contribution >= 4 is 23.5 Å². The van der Waals surface area contributed by atoms with Crippen molar-refractivity contribution in [3.63, 3.8) is 0 Å². The molecule has 1 aliphatic heterocycles. The molecule has 1 unspecified atom stereocenters. The highest BCUT2D eigenvalue weighted by molar-refractivity contribution is 6.02. The lowest BCUT2D eigenvalue weighted by Crippen LogP contribution is -2.48. The lowest BCUT2D eigenvalue weighted by Gasteiger charge is -2.32. The number of aromatic nitrogens is 1. The first kappa shape index (κ1) is 19.9. The number of nitrogens with two attached hydrogens (primary N) is 1. The highest BCUT2D eigenvalue weighted by Gasteiger charge is 2.36. The Labute approximate surface area is 152 Å². The van der Waals surface area contributed by atoms with Crippen LogP contribution in [0.4, 0.5) is 11.6 Å². The Bertz CT molecular complexity index is 625. The summed E-state index contributed by atoms with van der Waals surface area (Å²) < 4.78 is 21.1. The average Bonchev–Trinajstić information content (AvgIpc) is 2.63. The second-order valence-electron chi connectivity index (χ2n) is 5.53. The Morgan fingerprint density at radius 3 is 2.69 bits per heavy atom. The number of ether oxygens (including phenoxy) is 4. The first-order valence-corrected chi connectivity index (χ1v) is 8.62. The quantitative estimate of drug-likeness (QED) is 0.476. The molecule has 9 nitrogen and oxygen atoms in total. The minimum atomic E-state index is -0.664. The third-order valence-electron chi connectivity index (χ3n) is 3.65. The summed E-state index contributed by atoms with van der Waals surface area (Å²) in [6.45, 7) is 5.38. The van der Waals surface area contributed by atoms with Crippen LogP contribution in [-0.4, -0.2) is 62.5 Å². The van der Waals surface area contributed by atoms with Gasteiger partial charge >= 0.3 is 5.97 Å². The number of amides is 1. The Kier molecular flexibility index (Phi) is 7.61. The molecule has 0 radical (unpaired) electrons. The monoisotopic (exact) mass is 367 g/mol. The van der Waals surface area contributed by atoms with Crippen LogP contribution in [0.15, 0.2) is 12.1 Å². The van der Waals surface area contributed by atoms with Gasteiger partial charge in [-0.05, 0) is 25.5 Å². The SMILES string of the molecule is CCOCCOCCOC(=O)CN1C(=O)C(CC)Oc2ccc(N)nc21. The lowest BCUT2D eigenvalue weighted by atomic mass is 10.2. The molecule has 1 aromatic rings. The van der Waals surface area contributed by atoms with Crippen molar-refractivity contribution in [3.8, 4) is 5.75 Å². The minimum Gasteiger partial charge on any atom is -0.477 e. The molecular weight excluding hydrogens is 342 g/mol. The maximum absolute atomic E-state index is 12.5. The first-order valence-electron chi connectivity index (χ1n) is 8.62. The van der Waals surface area contributed by atoms with Gasteiger partial charge in [0.2, 0.25) is 0 Å². The fourth-order valence-corrected chi connectivity index (χ4v) is 2.38. The average molecular weight is 367 g/mol. The maximum Gasteiger partial charge on any atom is 0.326 e. The van der Waals surface area contributed by atoms with E-state index in [1.807, 2.05) is 13.8 Å². The molecule has 26 heavy (non-hydrogen) atoms. The number of hydrogen-bond acceptors (Lipinski definition) is 8. The molecule has 2 heterocycles. The van der Waals surface area contributed by atoms with Crippen molar-refractivity contribution in [2.24, 2.45) is 0 Å². The summed E-state index contributed by atoms with van der Waals surface area (Å²) in [6.07, 6.45) is -0.190. The number of nitrogen functional groups attached to an aromatic ring is 1. The number of carbonyl (C=O) groups is 2. The van der Waals surface area contributed by atoms with Gasteiger partial charge in [-0.2, -0.15) is 0 Å². The zero-order valence-corrected chi connectivity index (χ0v) is 15.1. The van der Waals surface area contributed by atoms with E-state index in [1.54, 1.807) is 12.1 Å². The van der Waals surface area contributed by atoms with E-state index in [1.165, 1.54) is 4.90 Å². The highest BCUT2D eigenvalue weighted by Crippen LogP contribution is 2.33. The summed E-state index contributed by atoms with van der Waals surface area (Å²) in [5, 5.41) is 0. The molecule has 144 valence electrons. The molecule has 0 saturated heterocycles. The lowest BCUT2D eigenvalue weighted by molar-refractivity contribution is -0.145. The van der Waals surface area contributed by atoms with Gasteiger partial charge in [-0.3, -0.25) is 14.5 Å². The Morgan fingerprint density at radius 2 is 1.96 bits per heavy atom. The minimum absolute atomic E-state index is 0.0951. The van der Waals surface area contributed by atoms with Gasteiger partial charge < -0.3 is 24.7 Å². The van der Waals surface area contributed by atoms with E-state index in [2.05, 4.69) is 4.98 Å². The molecule has 0 spiro atoms. The normalized spacial score (nSPS) is 16.2. The van der Waals surface area contributed by atoms with Gasteiger partial charge in [0.05, 0.1) is 19.8 Å². The van der Waals surface area contributed by atoms with Crippen molar-refractivity contribution in [1.82, 2.24) is 4.98 Å².